The van der Waals surface area contributed by atoms with Gasteiger partial charge in [0.15, 0.2) is 0 Å². The van der Waals surface area contributed by atoms with Crippen molar-refractivity contribution >= 4 is 23.4 Å². The van der Waals surface area contributed by atoms with E-state index in [-0.39, 0.29) is 11.8 Å². The van der Waals surface area contributed by atoms with E-state index in [1.165, 1.54) is 0 Å². The first-order chi connectivity index (χ1) is 13.0. The normalized spacial score (nSPS) is 11.5. The van der Waals surface area contributed by atoms with Crippen molar-refractivity contribution in [2.75, 3.05) is 13.7 Å². The Bertz CT molecular complexity index is 752. The molecule has 0 saturated carbocycles. The van der Waals surface area contributed by atoms with Gasteiger partial charge in [-0.15, -0.1) is 0 Å². The van der Waals surface area contributed by atoms with Crippen LogP contribution in [0, 0.1) is 0 Å². The van der Waals surface area contributed by atoms with E-state index in [9.17, 15) is 9.59 Å². The number of rotatable bonds is 9. The van der Waals surface area contributed by atoms with Crippen LogP contribution in [0.2, 0.25) is 5.02 Å². The lowest BCUT2D eigenvalue weighted by Gasteiger charge is -2.28. The van der Waals surface area contributed by atoms with Gasteiger partial charge in [-0.05, 0) is 43.2 Å². The fourth-order valence-electron chi connectivity index (χ4n) is 2.70. The van der Waals surface area contributed by atoms with E-state index in [2.05, 4.69) is 5.32 Å². The highest BCUT2D eigenvalue weighted by Gasteiger charge is 2.25. The van der Waals surface area contributed by atoms with E-state index < -0.39 is 6.04 Å². The van der Waals surface area contributed by atoms with Gasteiger partial charge in [0.05, 0.1) is 6.61 Å². The molecule has 0 bridgehead atoms. The minimum atomic E-state index is -0.573. The fourth-order valence-corrected chi connectivity index (χ4v) is 2.91. The van der Waals surface area contributed by atoms with E-state index >= 15 is 0 Å². The van der Waals surface area contributed by atoms with Gasteiger partial charge in [-0.25, -0.2) is 0 Å². The van der Waals surface area contributed by atoms with E-state index in [0.29, 0.717) is 31.0 Å². The van der Waals surface area contributed by atoms with Gasteiger partial charge in [0, 0.05) is 25.0 Å². The highest BCUT2D eigenvalue weighted by atomic mass is 35.5. The van der Waals surface area contributed by atoms with E-state index in [1.807, 2.05) is 42.5 Å². The summed E-state index contributed by atoms with van der Waals surface area (Å²) in [6, 6.07) is 16.2. The molecule has 1 N–H and O–H groups in total. The molecule has 2 amide bonds. The summed E-state index contributed by atoms with van der Waals surface area (Å²) < 4.78 is 5.63. The maximum Gasteiger partial charge on any atom is 0.242 e. The van der Waals surface area contributed by atoms with Gasteiger partial charge in [0.1, 0.15) is 11.8 Å². The van der Waals surface area contributed by atoms with Crippen LogP contribution in [0.1, 0.15) is 25.3 Å². The summed E-state index contributed by atoms with van der Waals surface area (Å²) in [5.74, 6) is 0.480. The highest BCUT2D eigenvalue weighted by Crippen LogP contribution is 2.16. The molecule has 2 aromatic rings. The van der Waals surface area contributed by atoms with Crippen LogP contribution in [0.25, 0.3) is 0 Å². The van der Waals surface area contributed by atoms with Gasteiger partial charge >= 0.3 is 0 Å². The first-order valence-electron chi connectivity index (χ1n) is 8.94. The molecule has 0 radical (unpaired) electrons. The summed E-state index contributed by atoms with van der Waals surface area (Å²) in [5, 5.41) is 3.20. The fraction of sp³-hybridized carbons (Fsp3) is 0.333. The SMILES string of the molecule is CNC(=O)C(C)N(Cc1cccc(Cl)c1)C(=O)CCCOc1ccccc1. The number of nitrogens with zero attached hydrogens (tertiary/aromatic N) is 1. The summed E-state index contributed by atoms with van der Waals surface area (Å²) in [6.07, 6.45) is 0.870. The van der Waals surface area contributed by atoms with Crippen LogP contribution in [0.5, 0.6) is 5.75 Å². The van der Waals surface area contributed by atoms with Crippen LogP contribution < -0.4 is 10.1 Å². The smallest absolute Gasteiger partial charge is 0.242 e. The second kappa shape index (κ2) is 10.6. The van der Waals surface area contributed by atoms with Crippen molar-refractivity contribution in [3.05, 3.63) is 65.2 Å². The van der Waals surface area contributed by atoms with E-state index in [0.717, 1.165) is 11.3 Å². The minimum absolute atomic E-state index is 0.0947. The number of nitrogens with one attached hydrogen (secondary N) is 1. The summed E-state index contributed by atoms with van der Waals surface area (Å²) in [5.41, 5.74) is 0.882. The Morgan fingerprint density at radius 1 is 1.15 bits per heavy atom. The van der Waals surface area contributed by atoms with Crippen LogP contribution in [0.15, 0.2) is 54.6 Å². The topological polar surface area (TPSA) is 58.6 Å². The van der Waals surface area contributed by atoms with Gasteiger partial charge in [0.25, 0.3) is 0 Å². The lowest BCUT2D eigenvalue weighted by atomic mass is 10.1. The Morgan fingerprint density at radius 3 is 2.56 bits per heavy atom. The molecular weight excluding hydrogens is 364 g/mol. The van der Waals surface area contributed by atoms with E-state index in [1.54, 1.807) is 31.0 Å². The number of carbonyl (C=O) groups excluding carboxylic acids is 2. The number of hydrogen-bond donors (Lipinski definition) is 1. The number of benzene rings is 2. The number of likely N-dealkylation sites (N-methyl/N-ethyl adjacent to an activating group) is 1. The molecule has 0 aromatic heterocycles. The number of ether oxygens (including phenoxy) is 1. The first kappa shape index (κ1) is 20.8. The lowest BCUT2D eigenvalue weighted by Crippen LogP contribution is -2.46. The summed E-state index contributed by atoms with van der Waals surface area (Å²) in [4.78, 5) is 26.4. The summed E-state index contributed by atoms with van der Waals surface area (Å²) in [6.45, 7) is 2.49. The van der Waals surface area contributed by atoms with Crippen molar-refractivity contribution < 1.29 is 14.3 Å². The largest absolute Gasteiger partial charge is 0.494 e. The number of amides is 2. The zero-order chi connectivity index (χ0) is 19.6. The summed E-state index contributed by atoms with van der Waals surface area (Å²) in [7, 11) is 1.56. The molecule has 144 valence electrons. The molecule has 1 atom stereocenters. The van der Waals surface area contributed by atoms with Crippen molar-refractivity contribution in [1.29, 1.82) is 0 Å². The zero-order valence-electron chi connectivity index (χ0n) is 15.7. The van der Waals surface area contributed by atoms with Crippen molar-refractivity contribution in [3.63, 3.8) is 0 Å². The second-order valence-electron chi connectivity index (χ2n) is 6.21. The molecule has 1 unspecified atom stereocenters. The molecule has 0 fully saturated rings. The zero-order valence-corrected chi connectivity index (χ0v) is 16.4. The maximum absolute atomic E-state index is 12.8. The van der Waals surface area contributed by atoms with Crippen molar-refractivity contribution in [3.8, 4) is 5.75 Å². The average Bonchev–Trinajstić information content (AvgIpc) is 2.69. The highest BCUT2D eigenvalue weighted by molar-refractivity contribution is 6.30. The number of carbonyl (C=O) groups is 2. The molecule has 6 heteroatoms. The van der Waals surface area contributed by atoms with Crippen LogP contribution >= 0.6 is 11.6 Å². The molecule has 0 spiro atoms. The average molecular weight is 389 g/mol. The number of para-hydroxylation sites is 1. The van der Waals surface area contributed by atoms with Crippen LogP contribution in [-0.4, -0.2) is 36.4 Å². The minimum Gasteiger partial charge on any atom is -0.494 e. The van der Waals surface area contributed by atoms with Crippen LogP contribution in [0.4, 0.5) is 0 Å². The molecular formula is C21H25ClN2O3. The Morgan fingerprint density at radius 2 is 1.89 bits per heavy atom. The van der Waals surface area contributed by atoms with Crippen molar-refractivity contribution in [1.82, 2.24) is 10.2 Å². The molecule has 2 aromatic carbocycles. The Kier molecular flexibility index (Phi) is 8.14. The molecule has 27 heavy (non-hydrogen) atoms. The molecule has 0 aliphatic rings. The summed E-state index contributed by atoms with van der Waals surface area (Å²) >= 11 is 6.04. The quantitative estimate of drug-likeness (QED) is 0.667. The molecule has 5 nitrogen and oxygen atoms in total. The Balaban J connectivity index is 1.96. The van der Waals surface area contributed by atoms with Gasteiger partial charge in [-0.3, -0.25) is 9.59 Å². The predicted molar refractivity (Wildman–Crippen MR) is 107 cm³/mol. The molecule has 0 aliphatic carbocycles. The standard InChI is InChI=1S/C21H25ClN2O3/c1-16(21(26)23-2)24(15-17-8-6-9-18(22)14-17)20(25)12-7-13-27-19-10-4-3-5-11-19/h3-6,8-11,14,16H,7,12-13,15H2,1-2H3,(H,23,26). The second-order valence-corrected chi connectivity index (χ2v) is 6.64. The van der Waals surface area contributed by atoms with E-state index in [4.69, 9.17) is 16.3 Å². The molecule has 0 saturated heterocycles. The molecule has 2 rings (SSSR count). The van der Waals surface area contributed by atoms with Gasteiger partial charge < -0.3 is 15.0 Å². The Hall–Kier alpha value is -2.53. The van der Waals surface area contributed by atoms with Gasteiger partial charge in [0.2, 0.25) is 11.8 Å². The van der Waals surface area contributed by atoms with Crippen LogP contribution in [0.3, 0.4) is 0 Å². The van der Waals surface area contributed by atoms with Gasteiger partial charge in [-0.2, -0.15) is 0 Å². The first-order valence-corrected chi connectivity index (χ1v) is 9.32. The third-order valence-corrected chi connectivity index (χ3v) is 4.44. The lowest BCUT2D eigenvalue weighted by molar-refractivity contribution is -0.140. The van der Waals surface area contributed by atoms with Crippen molar-refractivity contribution in [2.45, 2.75) is 32.4 Å². The molecule has 0 heterocycles. The third-order valence-electron chi connectivity index (χ3n) is 4.20. The maximum atomic E-state index is 12.8. The van der Waals surface area contributed by atoms with Crippen molar-refractivity contribution in [2.24, 2.45) is 0 Å². The third kappa shape index (κ3) is 6.61. The van der Waals surface area contributed by atoms with Gasteiger partial charge in [-0.1, -0.05) is 41.9 Å². The predicted octanol–water partition coefficient (Wildman–Crippen LogP) is 3.66. The van der Waals surface area contributed by atoms with Crippen LogP contribution in [-0.2, 0) is 16.1 Å². The number of hydrogen-bond acceptors (Lipinski definition) is 3. The molecule has 0 aliphatic heterocycles. The monoisotopic (exact) mass is 388 g/mol. The number of halogens is 1. The Labute approximate surface area is 165 Å².